The van der Waals surface area contributed by atoms with Crippen molar-refractivity contribution in [2.24, 2.45) is 5.92 Å². The van der Waals surface area contributed by atoms with Crippen molar-refractivity contribution in [1.82, 2.24) is 0 Å². The van der Waals surface area contributed by atoms with Gasteiger partial charge in [-0.2, -0.15) is 0 Å². The highest BCUT2D eigenvalue weighted by Crippen LogP contribution is 2.30. The molecule has 0 radical (unpaired) electrons. The van der Waals surface area contributed by atoms with Crippen LogP contribution in [0.3, 0.4) is 0 Å². The zero-order chi connectivity index (χ0) is 11.7. The average molecular weight is 218 g/mol. The number of benzene rings is 1. The summed E-state index contributed by atoms with van der Waals surface area (Å²) >= 11 is 0. The van der Waals surface area contributed by atoms with Crippen LogP contribution in [-0.2, 0) is 17.8 Å². The Kier molecular flexibility index (Phi) is 3.34. The second-order valence-electron chi connectivity index (χ2n) is 5.44. The van der Waals surface area contributed by atoms with Gasteiger partial charge in [0, 0.05) is 0 Å². The van der Waals surface area contributed by atoms with E-state index in [-0.39, 0.29) is 0 Å². The van der Waals surface area contributed by atoms with Crippen LogP contribution in [0.2, 0.25) is 0 Å². The van der Waals surface area contributed by atoms with E-state index in [0.29, 0.717) is 17.9 Å². The molecule has 1 aliphatic heterocycles. The summed E-state index contributed by atoms with van der Waals surface area (Å²) in [6.07, 6.45) is 1.48. The smallest absolute Gasteiger partial charge is 0.0723 e. The van der Waals surface area contributed by atoms with Crippen LogP contribution in [0.1, 0.15) is 50.3 Å². The Balaban J connectivity index is 2.34. The van der Waals surface area contributed by atoms with Crippen LogP contribution in [-0.4, -0.2) is 6.10 Å². The average Bonchev–Trinajstić information content (AvgIpc) is 2.27. The largest absolute Gasteiger partial charge is 0.373 e. The summed E-state index contributed by atoms with van der Waals surface area (Å²) in [4.78, 5) is 0. The van der Waals surface area contributed by atoms with E-state index in [1.807, 2.05) is 0 Å². The third kappa shape index (κ3) is 2.15. The van der Waals surface area contributed by atoms with Gasteiger partial charge in [-0.15, -0.1) is 0 Å². The van der Waals surface area contributed by atoms with Crippen molar-refractivity contribution in [3.05, 3.63) is 34.9 Å². The summed E-state index contributed by atoms with van der Waals surface area (Å²) in [5, 5.41) is 0. The molecule has 1 aliphatic rings. The van der Waals surface area contributed by atoms with Gasteiger partial charge in [0.1, 0.15) is 0 Å². The zero-order valence-electron chi connectivity index (χ0n) is 10.8. The Bertz CT molecular complexity index is 366. The van der Waals surface area contributed by atoms with Crippen molar-refractivity contribution in [2.45, 2.75) is 52.7 Å². The first-order valence-corrected chi connectivity index (χ1v) is 6.32. The number of rotatable bonds is 2. The summed E-state index contributed by atoms with van der Waals surface area (Å²) < 4.78 is 5.90. The molecule has 0 aliphatic carbocycles. The summed E-state index contributed by atoms with van der Waals surface area (Å²) in [7, 11) is 0. The quantitative estimate of drug-likeness (QED) is 0.731. The maximum absolute atomic E-state index is 5.90. The van der Waals surface area contributed by atoms with Crippen molar-refractivity contribution in [3.8, 4) is 0 Å². The number of hydrogen-bond donors (Lipinski definition) is 0. The van der Waals surface area contributed by atoms with Gasteiger partial charge in [-0.05, 0) is 34.9 Å². The van der Waals surface area contributed by atoms with Crippen LogP contribution in [0.5, 0.6) is 0 Å². The fourth-order valence-corrected chi connectivity index (χ4v) is 2.46. The third-order valence-electron chi connectivity index (χ3n) is 3.53. The number of ether oxygens (including phenoxy) is 1. The molecule has 0 fully saturated rings. The SMILES string of the molecule is CC(C)c1cccc2c1C[C@H](C(C)C)OC2. The van der Waals surface area contributed by atoms with Crippen molar-refractivity contribution in [1.29, 1.82) is 0 Å². The first-order chi connectivity index (χ1) is 7.59. The Hall–Kier alpha value is -0.820. The third-order valence-corrected chi connectivity index (χ3v) is 3.53. The molecule has 0 unspecified atom stereocenters. The van der Waals surface area contributed by atoms with Gasteiger partial charge in [0.15, 0.2) is 0 Å². The Morgan fingerprint density at radius 1 is 1.19 bits per heavy atom. The lowest BCUT2D eigenvalue weighted by Gasteiger charge is -2.30. The van der Waals surface area contributed by atoms with Crippen molar-refractivity contribution < 1.29 is 4.74 Å². The molecular weight excluding hydrogens is 196 g/mol. The molecule has 0 bridgehead atoms. The minimum atomic E-state index is 0.396. The molecule has 1 heterocycles. The topological polar surface area (TPSA) is 9.23 Å². The molecule has 1 heteroatoms. The van der Waals surface area contributed by atoms with Gasteiger partial charge < -0.3 is 4.74 Å². The second kappa shape index (κ2) is 4.58. The van der Waals surface area contributed by atoms with E-state index in [4.69, 9.17) is 4.74 Å². The van der Waals surface area contributed by atoms with E-state index in [9.17, 15) is 0 Å². The minimum absolute atomic E-state index is 0.396. The number of fused-ring (bicyclic) bond motifs is 1. The van der Waals surface area contributed by atoms with Crippen molar-refractivity contribution >= 4 is 0 Å². The van der Waals surface area contributed by atoms with Crippen LogP contribution in [0, 0.1) is 5.92 Å². The zero-order valence-corrected chi connectivity index (χ0v) is 10.8. The molecule has 1 nitrogen and oxygen atoms in total. The molecule has 0 amide bonds. The molecule has 2 rings (SSSR count). The minimum Gasteiger partial charge on any atom is -0.373 e. The number of hydrogen-bond acceptors (Lipinski definition) is 1. The first kappa shape index (κ1) is 11.7. The Morgan fingerprint density at radius 3 is 2.56 bits per heavy atom. The van der Waals surface area contributed by atoms with Gasteiger partial charge in [0.05, 0.1) is 12.7 Å². The van der Waals surface area contributed by atoms with Gasteiger partial charge in [-0.1, -0.05) is 45.9 Å². The lowest BCUT2D eigenvalue weighted by molar-refractivity contribution is -0.000590. The van der Waals surface area contributed by atoms with Gasteiger partial charge in [0.25, 0.3) is 0 Å². The van der Waals surface area contributed by atoms with Crippen molar-refractivity contribution in [3.63, 3.8) is 0 Å². The predicted octanol–water partition coefficient (Wildman–Crippen LogP) is 3.91. The van der Waals surface area contributed by atoms with Crippen LogP contribution in [0.25, 0.3) is 0 Å². The molecule has 0 saturated heterocycles. The molecule has 0 N–H and O–H groups in total. The van der Waals surface area contributed by atoms with E-state index in [2.05, 4.69) is 45.9 Å². The van der Waals surface area contributed by atoms with Gasteiger partial charge >= 0.3 is 0 Å². The molecule has 1 atom stereocenters. The fraction of sp³-hybridized carbons (Fsp3) is 0.600. The molecule has 1 aromatic rings. The highest BCUT2D eigenvalue weighted by Gasteiger charge is 2.24. The van der Waals surface area contributed by atoms with Gasteiger partial charge in [-0.3, -0.25) is 0 Å². The van der Waals surface area contributed by atoms with Crippen LogP contribution < -0.4 is 0 Å². The predicted molar refractivity (Wildman–Crippen MR) is 67.7 cm³/mol. The second-order valence-corrected chi connectivity index (χ2v) is 5.44. The van der Waals surface area contributed by atoms with Crippen LogP contribution in [0.15, 0.2) is 18.2 Å². The van der Waals surface area contributed by atoms with Crippen LogP contribution in [0.4, 0.5) is 0 Å². The van der Waals surface area contributed by atoms with E-state index in [0.717, 1.165) is 13.0 Å². The standard InChI is InChI=1S/C15H22O/c1-10(2)13-7-5-6-12-9-16-15(11(3)4)8-14(12)13/h5-7,10-11,15H,8-9H2,1-4H3/t15-/m1/s1. The molecule has 0 spiro atoms. The highest BCUT2D eigenvalue weighted by atomic mass is 16.5. The van der Waals surface area contributed by atoms with Gasteiger partial charge in [0.2, 0.25) is 0 Å². The van der Waals surface area contributed by atoms with E-state index in [1.165, 1.54) is 11.1 Å². The lowest BCUT2D eigenvalue weighted by Crippen LogP contribution is -2.28. The molecule has 0 aromatic heterocycles. The van der Waals surface area contributed by atoms with E-state index >= 15 is 0 Å². The molecular formula is C15H22O. The van der Waals surface area contributed by atoms with Gasteiger partial charge in [-0.25, -0.2) is 0 Å². The molecule has 1 aromatic carbocycles. The maximum Gasteiger partial charge on any atom is 0.0723 e. The fourth-order valence-electron chi connectivity index (χ4n) is 2.46. The van der Waals surface area contributed by atoms with E-state index in [1.54, 1.807) is 5.56 Å². The summed E-state index contributed by atoms with van der Waals surface area (Å²) in [6.45, 7) is 9.82. The normalized spacial score (nSPS) is 20.2. The first-order valence-electron chi connectivity index (χ1n) is 6.32. The van der Waals surface area contributed by atoms with Crippen LogP contribution >= 0.6 is 0 Å². The summed E-state index contributed by atoms with van der Waals surface area (Å²) in [5.74, 6) is 1.22. The summed E-state index contributed by atoms with van der Waals surface area (Å²) in [6, 6.07) is 6.64. The van der Waals surface area contributed by atoms with E-state index < -0.39 is 0 Å². The Morgan fingerprint density at radius 2 is 1.94 bits per heavy atom. The lowest BCUT2D eigenvalue weighted by atomic mass is 9.86. The highest BCUT2D eigenvalue weighted by molar-refractivity contribution is 5.38. The molecule has 16 heavy (non-hydrogen) atoms. The monoisotopic (exact) mass is 218 g/mol. The summed E-state index contributed by atoms with van der Waals surface area (Å²) in [5.41, 5.74) is 4.44. The van der Waals surface area contributed by atoms with Crippen molar-refractivity contribution in [2.75, 3.05) is 0 Å². The Labute approximate surface area is 98.8 Å². The maximum atomic E-state index is 5.90. The molecule has 0 saturated carbocycles. The molecule has 88 valence electrons.